The molecule has 0 aromatic heterocycles. The van der Waals surface area contributed by atoms with Gasteiger partial charge < -0.3 is 9.80 Å². The maximum absolute atomic E-state index is 13.0. The third-order valence-corrected chi connectivity index (χ3v) is 6.04. The van der Waals surface area contributed by atoms with Crippen LogP contribution in [0.3, 0.4) is 0 Å². The van der Waals surface area contributed by atoms with Crippen molar-refractivity contribution in [2.24, 2.45) is 0 Å². The summed E-state index contributed by atoms with van der Waals surface area (Å²) in [6.45, 7) is 15.7. The van der Waals surface area contributed by atoms with E-state index < -0.39 is 0 Å². The lowest BCUT2D eigenvalue weighted by Gasteiger charge is -2.37. The van der Waals surface area contributed by atoms with Gasteiger partial charge in [0, 0.05) is 25.3 Å². The molecule has 3 rings (SSSR count). The van der Waals surface area contributed by atoms with Crippen molar-refractivity contribution in [1.82, 2.24) is 9.80 Å². The lowest BCUT2D eigenvalue weighted by Crippen LogP contribution is -2.47. The molecule has 26 heavy (non-hydrogen) atoms. The molecule has 142 valence electrons. The van der Waals surface area contributed by atoms with Crippen LogP contribution in [0, 0.1) is 0 Å². The minimum Gasteiger partial charge on any atom is -0.364 e. The summed E-state index contributed by atoms with van der Waals surface area (Å²) in [4.78, 5) is 17.3. The van der Waals surface area contributed by atoms with Crippen LogP contribution in [0.25, 0.3) is 0 Å². The molecule has 0 saturated carbocycles. The van der Waals surface area contributed by atoms with Gasteiger partial charge in [0.25, 0.3) is 0 Å². The molecule has 0 radical (unpaired) electrons. The highest BCUT2D eigenvalue weighted by atomic mass is 16.2. The van der Waals surface area contributed by atoms with Crippen LogP contribution in [0.1, 0.15) is 70.4 Å². The summed E-state index contributed by atoms with van der Waals surface area (Å²) in [5.41, 5.74) is 4.12. The second kappa shape index (κ2) is 7.46. The lowest BCUT2D eigenvalue weighted by molar-refractivity contribution is -0.136. The SMILES string of the molecule is C=C(C)N1CCCC1C(=O)N1CCC(c2ccccc2C(C)(C)C)CC1. The Bertz CT molecular complexity index is 665. The molecular formula is C23H34N2O. The van der Waals surface area contributed by atoms with Crippen molar-refractivity contribution in [3.8, 4) is 0 Å². The van der Waals surface area contributed by atoms with Crippen molar-refractivity contribution in [3.63, 3.8) is 0 Å². The van der Waals surface area contributed by atoms with Gasteiger partial charge in [0.05, 0.1) is 0 Å². The van der Waals surface area contributed by atoms with Gasteiger partial charge in [-0.1, -0.05) is 51.6 Å². The molecule has 1 aromatic carbocycles. The zero-order valence-electron chi connectivity index (χ0n) is 16.9. The highest BCUT2D eigenvalue weighted by Gasteiger charge is 2.35. The Hall–Kier alpha value is -1.77. The van der Waals surface area contributed by atoms with Crippen molar-refractivity contribution in [1.29, 1.82) is 0 Å². The summed E-state index contributed by atoms with van der Waals surface area (Å²) in [6.07, 6.45) is 4.20. The molecule has 1 unspecified atom stereocenters. The summed E-state index contributed by atoms with van der Waals surface area (Å²) in [5, 5.41) is 0. The Morgan fingerprint density at radius 2 is 1.73 bits per heavy atom. The molecule has 3 nitrogen and oxygen atoms in total. The zero-order chi connectivity index (χ0) is 18.9. The molecule has 2 aliphatic heterocycles. The summed E-state index contributed by atoms with van der Waals surface area (Å²) in [5.74, 6) is 0.878. The molecule has 1 aromatic rings. The van der Waals surface area contributed by atoms with Crippen LogP contribution >= 0.6 is 0 Å². The lowest BCUT2D eigenvalue weighted by atomic mass is 9.77. The molecule has 2 heterocycles. The van der Waals surface area contributed by atoms with Crippen LogP contribution in [0.2, 0.25) is 0 Å². The van der Waals surface area contributed by atoms with E-state index in [1.54, 1.807) is 0 Å². The predicted molar refractivity (Wildman–Crippen MR) is 108 cm³/mol. The number of nitrogens with zero attached hydrogens (tertiary/aromatic N) is 2. The van der Waals surface area contributed by atoms with Gasteiger partial charge in [0.15, 0.2) is 0 Å². The number of hydrogen-bond acceptors (Lipinski definition) is 2. The number of likely N-dealkylation sites (tertiary alicyclic amines) is 2. The van der Waals surface area contributed by atoms with Crippen molar-refractivity contribution in [2.45, 2.75) is 70.8 Å². The Morgan fingerprint density at radius 1 is 1.08 bits per heavy atom. The van der Waals surface area contributed by atoms with Gasteiger partial charge in [0.1, 0.15) is 6.04 Å². The molecule has 1 atom stereocenters. The van der Waals surface area contributed by atoms with Gasteiger partial charge in [-0.25, -0.2) is 0 Å². The van der Waals surface area contributed by atoms with E-state index in [9.17, 15) is 4.79 Å². The molecule has 0 bridgehead atoms. The summed E-state index contributed by atoms with van der Waals surface area (Å²) in [7, 11) is 0. The number of carbonyl (C=O) groups is 1. The fraction of sp³-hybridized carbons (Fsp3) is 0.609. The average Bonchev–Trinajstić information content (AvgIpc) is 3.10. The van der Waals surface area contributed by atoms with Gasteiger partial charge in [-0.2, -0.15) is 0 Å². The molecule has 1 amide bonds. The fourth-order valence-corrected chi connectivity index (χ4v) is 4.64. The summed E-state index contributed by atoms with van der Waals surface area (Å²) >= 11 is 0. The first kappa shape index (κ1) is 19.0. The number of hydrogen-bond donors (Lipinski definition) is 0. The Kier molecular flexibility index (Phi) is 5.45. The Morgan fingerprint density at radius 3 is 2.35 bits per heavy atom. The quantitative estimate of drug-likeness (QED) is 0.786. The minimum absolute atomic E-state index is 0.0194. The normalized spacial score (nSPS) is 21.9. The van der Waals surface area contributed by atoms with E-state index in [0.29, 0.717) is 11.8 Å². The molecule has 3 heteroatoms. The molecule has 2 fully saturated rings. The minimum atomic E-state index is 0.0194. The number of allylic oxidation sites excluding steroid dienone is 1. The fourth-order valence-electron chi connectivity index (χ4n) is 4.64. The highest BCUT2D eigenvalue weighted by Crippen LogP contribution is 2.36. The van der Waals surface area contributed by atoms with Crippen LogP contribution in [0.5, 0.6) is 0 Å². The average molecular weight is 355 g/mol. The van der Waals surface area contributed by atoms with Gasteiger partial charge in [-0.15, -0.1) is 0 Å². The second-order valence-corrected chi connectivity index (χ2v) is 9.02. The van der Waals surface area contributed by atoms with Crippen molar-refractivity contribution in [2.75, 3.05) is 19.6 Å². The van der Waals surface area contributed by atoms with Crippen LogP contribution in [0.4, 0.5) is 0 Å². The third-order valence-electron chi connectivity index (χ3n) is 6.04. The molecular weight excluding hydrogens is 320 g/mol. The first-order valence-electron chi connectivity index (χ1n) is 10.1. The molecule has 0 aliphatic carbocycles. The van der Waals surface area contributed by atoms with E-state index in [1.807, 2.05) is 6.92 Å². The summed E-state index contributed by atoms with van der Waals surface area (Å²) < 4.78 is 0. The first-order chi connectivity index (χ1) is 12.3. The van der Waals surface area contributed by atoms with Gasteiger partial charge in [0.2, 0.25) is 5.91 Å². The maximum Gasteiger partial charge on any atom is 0.245 e. The van der Waals surface area contributed by atoms with E-state index in [2.05, 4.69) is 61.4 Å². The van der Waals surface area contributed by atoms with Gasteiger partial charge >= 0.3 is 0 Å². The predicted octanol–water partition coefficient (Wildman–Crippen LogP) is 4.69. The Labute approximate surface area is 159 Å². The van der Waals surface area contributed by atoms with Crippen LogP contribution in [0.15, 0.2) is 36.5 Å². The van der Waals surface area contributed by atoms with Crippen LogP contribution < -0.4 is 0 Å². The van der Waals surface area contributed by atoms with Gasteiger partial charge in [-0.05, 0) is 55.1 Å². The number of rotatable bonds is 3. The first-order valence-corrected chi connectivity index (χ1v) is 10.1. The number of carbonyl (C=O) groups excluding carboxylic acids is 1. The number of amides is 1. The molecule has 0 N–H and O–H groups in total. The van der Waals surface area contributed by atoms with Crippen LogP contribution in [-0.4, -0.2) is 41.4 Å². The molecule has 0 spiro atoms. The van der Waals surface area contributed by atoms with Gasteiger partial charge in [-0.3, -0.25) is 4.79 Å². The smallest absolute Gasteiger partial charge is 0.245 e. The third kappa shape index (κ3) is 3.82. The second-order valence-electron chi connectivity index (χ2n) is 9.02. The van der Waals surface area contributed by atoms with Crippen LogP contribution in [-0.2, 0) is 10.2 Å². The van der Waals surface area contributed by atoms with E-state index in [0.717, 1.165) is 51.0 Å². The number of piperidine rings is 1. The topological polar surface area (TPSA) is 23.6 Å². The monoisotopic (exact) mass is 354 g/mol. The van der Waals surface area contributed by atoms with E-state index in [4.69, 9.17) is 0 Å². The van der Waals surface area contributed by atoms with Crippen molar-refractivity contribution in [3.05, 3.63) is 47.7 Å². The van der Waals surface area contributed by atoms with E-state index in [1.165, 1.54) is 11.1 Å². The van der Waals surface area contributed by atoms with E-state index in [-0.39, 0.29) is 11.5 Å². The standard InChI is InChI=1S/C23H34N2O/c1-17(2)25-14-8-11-21(25)22(26)24-15-12-18(13-16-24)19-9-6-7-10-20(19)23(3,4)5/h6-7,9-10,18,21H,1,8,11-16H2,2-5H3. The highest BCUT2D eigenvalue weighted by molar-refractivity contribution is 5.82. The largest absolute Gasteiger partial charge is 0.364 e. The van der Waals surface area contributed by atoms with Crippen molar-refractivity contribution < 1.29 is 4.79 Å². The number of benzene rings is 1. The Balaban J connectivity index is 1.67. The molecule has 2 saturated heterocycles. The maximum atomic E-state index is 13.0. The van der Waals surface area contributed by atoms with Crippen molar-refractivity contribution >= 4 is 5.91 Å². The molecule has 2 aliphatic rings. The zero-order valence-corrected chi connectivity index (χ0v) is 16.9. The van der Waals surface area contributed by atoms with E-state index >= 15 is 0 Å². The summed E-state index contributed by atoms with van der Waals surface area (Å²) in [6, 6.07) is 8.89.